The van der Waals surface area contributed by atoms with Crippen LogP contribution in [0, 0.1) is 6.92 Å². The summed E-state index contributed by atoms with van der Waals surface area (Å²) in [6.45, 7) is 4.08. The fraction of sp³-hybridized carbons (Fsp3) is 0.250. The van der Waals surface area contributed by atoms with Crippen molar-refractivity contribution in [2.24, 2.45) is 0 Å². The smallest absolute Gasteiger partial charge is 0.356 e. The fourth-order valence-corrected chi connectivity index (χ4v) is 2.37. The second kappa shape index (κ2) is 5.14. The predicted molar refractivity (Wildman–Crippen MR) is 70.1 cm³/mol. The van der Waals surface area contributed by atoms with E-state index in [2.05, 4.69) is 34.3 Å². The molecule has 0 aromatic carbocycles. The molecule has 0 radical (unpaired) electrons. The van der Waals surface area contributed by atoms with Gasteiger partial charge in [-0.05, 0) is 26.0 Å². The van der Waals surface area contributed by atoms with Gasteiger partial charge in [0, 0.05) is 9.75 Å². The van der Waals surface area contributed by atoms with Crippen LogP contribution in [0.4, 0.5) is 5.82 Å². The Hall–Kier alpha value is -1.95. The summed E-state index contributed by atoms with van der Waals surface area (Å²) >= 11 is 1.72. The van der Waals surface area contributed by atoms with Gasteiger partial charge in [0.2, 0.25) is 0 Å². The summed E-state index contributed by atoms with van der Waals surface area (Å²) in [5.41, 5.74) is -0.0554. The molecule has 1 unspecified atom stereocenters. The molecule has 0 amide bonds. The fourth-order valence-electron chi connectivity index (χ4n) is 1.49. The molecule has 2 heterocycles. The van der Waals surface area contributed by atoms with E-state index in [0.29, 0.717) is 5.82 Å². The average Bonchev–Trinajstić information content (AvgIpc) is 2.76. The third-order valence-corrected chi connectivity index (χ3v) is 3.61. The zero-order valence-electron chi connectivity index (χ0n) is 10.0. The van der Waals surface area contributed by atoms with Gasteiger partial charge in [0.05, 0.1) is 18.4 Å². The number of nitrogens with zero attached hydrogens (tertiary/aromatic N) is 2. The van der Waals surface area contributed by atoms with E-state index < -0.39 is 5.97 Å². The number of aromatic carboxylic acids is 1. The molecule has 1 atom stereocenters. The van der Waals surface area contributed by atoms with Crippen LogP contribution in [0.3, 0.4) is 0 Å². The van der Waals surface area contributed by atoms with Crippen molar-refractivity contribution in [1.29, 1.82) is 0 Å². The molecule has 0 aliphatic heterocycles. The number of hydrogen-bond acceptors (Lipinski definition) is 5. The maximum atomic E-state index is 10.6. The second-order valence-corrected chi connectivity index (χ2v) is 5.23. The van der Waals surface area contributed by atoms with Crippen molar-refractivity contribution in [1.82, 2.24) is 9.97 Å². The largest absolute Gasteiger partial charge is 0.476 e. The van der Waals surface area contributed by atoms with Crippen molar-refractivity contribution in [3.05, 3.63) is 40.0 Å². The van der Waals surface area contributed by atoms with E-state index in [1.807, 2.05) is 6.92 Å². The van der Waals surface area contributed by atoms with Crippen molar-refractivity contribution < 1.29 is 9.90 Å². The minimum atomic E-state index is -1.07. The molecule has 2 aromatic heterocycles. The normalized spacial score (nSPS) is 12.1. The topological polar surface area (TPSA) is 75.1 Å². The van der Waals surface area contributed by atoms with Crippen LogP contribution >= 0.6 is 11.3 Å². The van der Waals surface area contributed by atoms with E-state index in [1.54, 1.807) is 11.3 Å². The van der Waals surface area contributed by atoms with Crippen LogP contribution < -0.4 is 5.32 Å². The molecular weight excluding hydrogens is 250 g/mol. The minimum Gasteiger partial charge on any atom is -0.476 e. The number of anilines is 1. The SMILES string of the molecule is Cc1ccc(C(C)Nc2cnc(C(=O)O)cn2)s1. The lowest BCUT2D eigenvalue weighted by Gasteiger charge is -2.12. The summed E-state index contributed by atoms with van der Waals surface area (Å²) in [7, 11) is 0. The molecule has 0 saturated heterocycles. The lowest BCUT2D eigenvalue weighted by Crippen LogP contribution is -2.08. The highest BCUT2D eigenvalue weighted by Crippen LogP contribution is 2.24. The summed E-state index contributed by atoms with van der Waals surface area (Å²) in [5.74, 6) is -0.505. The third-order valence-electron chi connectivity index (χ3n) is 2.42. The van der Waals surface area contributed by atoms with E-state index in [-0.39, 0.29) is 11.7 Å². The molecule has 0 bridgehead atoms. The number of rotatable bonds is 4. The summed E-state index contributed by atoms with van der Waals surface area (Å²) in [6, 6.07) is 4.25. The molecule has 0 spiro atoms. The molecule has 2 N–H and O–H groups in total. The predicted octanol–water partition coefficient (Wildman–Crippen LogP) is 2.72. The van der Waals surface area contributed by atoms with Crippen molar-refractivity contribution in [2.75, 3.05) is 5.32 Å². The number of carbonyl (C=O) groups is 1. The molecule has 0 fully saturated rings. The molecule has 94 valence electrons. The number of hydrogen-bond donors (Lipinski definition) is 2. The number of aryl methyl sites for hydroxylation is 1. The number of aromatic nitrogens is 2. The Balaban J connectivity index is 2.07. The first-order valence-corrected chi connectivity index (χ1v) is 6.26. The highest BCUT2D eigenvalue weighted by molar-refractivity contribution is 7.12. The Morgan fingerprint density at radius 3 is 2.67 bits per heavy atom. The van der Waals surface area contributed by atoms with Crippen molar-refractivity contribution >= 4 is 23.1 Å². The number of nitrogens with one attached hydrogen (secondary N) is 1. The van der Waals surface area contributed by atoms with Gasteiger partial charge in [0.25, 0.3) is 0 Å². The summed E-state index contributed by atoms with van der Waals surface area (Å²) in [5, 5.41) is 11.9. The van der Waals surface area contributed by atoms with Gasteiger partial charge in [-0.15, -0.1) is 11.3 Å². The number of carboxylic acid groups (broad SMARTS) is 1. The molecule has 0 aliphatic carbocycles. The molecule has 0 saturated carbocycles. The molecule has 0 aliphatic rings. The van der Waals surface area contributed by atoms with E-state index >= 15 is 0 Å². The summed E-state index contributed by atoms with van der Waals surface area (Å²) in [6.07, 6.45) is 2.68. The summed E-state index contributed by atoms with van der Waals surface area (Å²) in [4.78, 5) is 20.9. The van der Waals surface area contributed by atoms with Gasteiger partial charge in [-0.25, -0.2) is 14.8 Å². The lowest BCUT2D eigenvalue weighted by atomic mass is 10.3. The van der Waals surface area contributed by atoms with E-state index in [0.717, 1.165) is 0 Å². The van der Waals surface area contributed by atoms with Gasteiger partial charge in [0.1, 0.15) is 5.82 Å². The van der Waals surface area contributed by atoms with Gasteiger partial charge < -0.3 is 10.4 Å². The molecule has 5 nitrogen and oxygen atoms in total. The number of carboxylic acids is 1. The van der Waals surface area contributed by atoms with Crippen LogP contribution in [-0.4, -0.2) is 21.0 Å². The minimum absolute atomic E-state index is 0.0554. The molecule has 18 heavy (non-hydrogen) atoms. The Morgan fingerprint density at radius 2 is 2.17 bits per heavy atom. The van der Waals surface area contributed by atoms with Crippen LogP contribution in [0.15, 0.2) is 24.5 Å². The molecule has 2 rings (SSSR count). The van der Waals surface area contributed by atoms with E-state index in [9.17, 15) is 4.79 Å². The van der Waals surface area contributed by atoms with Crippen molar-refractivity contribution in [2.45, 2.75) is 19.9 Å². The van der Waals surface area contributed by atoms with Gasteiger partial charge in [-0.2, -0.15) is 0 Å². The quantitative estimate of drug-likeness (QED) is 0.887. The van der Waals surface area contributed by atoms with Crippen LogP contribution in [0.2, 0.25) is 0 Å². The maximum Gasteiger partial charge on any atom is 0.356 e. The highest BCUT2D eigenvalue weighted by atomic mass is 32.1. The average molecular weight is 263 g/mol. The van der Waals surface area contributed by atoms with Crippen LogP contribution in [-0.2, 0) is 0 Å². The first kappa shape index (κ1) is 12.5. The van der Waals surface area contributed by atoms with Crippen molar-refractivity contribution in [3.8, 4) is 0 Å². The van der Waals surface area contributed by atoms with Gasteiger partial charge in [0.15, 0.2) is 5.69 Å². The highest BCUT2D eigenvalue weighted by Gasteiger charge is 2.09. The van der Waals surface area contributed by atoms with Crippen LogP contribution in [0.1, 0.15) is 33.2 Å². The molecule has 6 heteroatoms. The van der Waals surface area contributed by atoms with Crippen LogP contribution in [0.25, 0.3) is 0 Å². The van der Waals surface area contributed by atoms with Crippen molar-refractivity contribution in [3.63, 3.8) is 0 Å². The van der Waals surface area contributed by atoms with Gasteiger partial charge >= 0.3 is 5.97 Å². The van der Waals surface area contributed by atoms with Gasteiger partial charge in [-0.1, -0.05) is 0 Å². The first-order chi connectivity index (χ1) is 8.56. The zero-order chi connectivity index (χ0) is 13.1. The standard InChI is InChI=1S/C12H13N3O2S/c1-7-3-4-10(18-7)8(2)15-11-6-13-9(5-14-11)12(16)17/h3-6,8H,1-2H3,(H,14,15)(H,16,17). The number of thiophene rings is 1. The Bertz CT molecular complexity index is 551. The Labute approximate surface area is 109 Å². The Morgan fingerprint density at radius 1 is 1.39 bits per heavy atom. The second-order valence-electron chi connectivity index (χ2n) is 3.91. The summed E-state index contributed by atoms with van der Waals surface area (Å²) < 4.78 is 0. The lowest BCUT2D eigenvalue weighted by molar-refractivity contribution is 0.0690. The first-order valence-electron chi connectivity index (χ1n) is 5.44. The maximum absolute atomic E-state index is 10.6. The molecule has 2 aromatic rings. The van der Waals surface area contributed by atoms with E-state index in [4.69, 9.17) is 5.11 Å². The third kappa shape index (κ3) is 2.84. The van der Waals surface area contributed by atoms with E-state index in [1.165, 1.54) is 22.1 Å². The van der Waals surface area contributed by atoms with Gasteiger partial charge in [-0.3, -0.25) is 0 Å². The van der Waals surface area contributed by atoms with Crippen LogP contribution in [0.5, 0.6) is 0 Å². The zero-order valence-corrected chi connectivity index (χ0v) is 10.9. The molecular formula is C12H13N3O2S. The monoisotopic (exact) mass is 263 g/mol. The Kier molecular flexibility index (Phi) is 3.57.